The van der Waals surface area contributed by atoms with Gasteiger partial charge in [-0.3, -0.25) is 4.79 Å². The first kappa shape index (κ1) is 16.1. The molecule has 21 heavy (non-hydrogen) atoms. The molecule has 0 bridgehead atoms. The van der Waals surface area contributed by atoms with E-state index in [4.69, 9.17) is 4.74 Å². The molecule has 2 atom stereocenters. The molecule has 0 saturated carbocycles. The predicted molar refractivity (Wildman–Crippen MR) is 80.9 cm³/mol. The van der Waals surface area contributed by atoms with E-state index in [1.54, 1.807) is 4.90 Å². The van der Waals surface area contributed by atoms with Crippen LogP contribution < -0.4 is 0 Å². The fraction of sp³-hybridized carbons (Fsp3) is 0.875. The highest BCUT2D eigenvalue weighted by molar-refractivity contribution is 5.77. The van der Waals surface area contributed by atoms with Crippen molar-refractivity contribution in [2.24, 2.45) is 5.92 Å². The van der Waals surface area contributed by atoms with Crippen LogP contribution in [-0.4, -0.2) is 53.1 Å². The maximum atomic E-state index is 12.2. The van der Waals surface area contributed by atoms with Crippen molar-refractivity contribution in [2.45, 2.75) is 65.0 Å². The lowest BCUT2D eigenvalue weighted by atomic mass is 9.95. The van der Waals surface area contributed by atoms with Crippen LogP contribution in [0.15, 0.2) is 0 Å². The molecular weight excluding hydrogens is 268 g/mol. The van der Waals surface area contributed by atoms with E-state index in [0.717, 1.165) is 32.4 Å². The first-order valence-corrected chi connectivity index (χ1v) is 8.03. The molecule has 2 amide bonds. The SMILES string of the molecule is CC1CCC(=O)N([C@@H]2CCCN(C(=O)OC(C)(C)C)C2)C1. The van der Waals surface area contributed by atoms with Crippen LogP contribution in [0.2, 0.25) is 0 Å². The lowest BCUT2D eigenvalue weighted by Gasteiger charge is -2.42. The van der Waals surface area contributed by atoms with Crippen molar-refractivity contribution >= 4 is 12.0 Å². The normalized spacial score (nSPS) is 27.7. The zero-order chi connectivity index (χ0) is 15.6. The molecule has 2 aliphatic heterocycles. The average molecular weight is 296 g/mol. The van der Waals surface area contributed by atoms with Crippen molar-refractivity contribution in [1.29, 1.82) is 0 Å². The van der Waals surface area contributed by atoms with Gasteiger partial charge in [-0.05, 0) is 46.0 Å². The Balaban J connectivity index is 1.97. The minimum absolute atomic E-state index is 0.154. The van der Waals surface area contributed by atoms with E-state index >= 15 is 0 Å². The van der Waals surface area contributed by atoms with Gasteiger partial charge in [-0.1, -0.05) is 6.92 Å². The Morgan fingerprint density at radius 1 is 1.24 bits per heavy atom. The zero-order valence-corrected chi connectivity index (χ0v) is 13.7. The van der Waals surface area contributed by atoms with Crippen molar-refractivity contribution in [1.82, 2.24) is 9.80 Å². The van der Waals surface area contributed by atoms with E-state index < -0.39 is 5.60 Å². The molecule has 5 heteroatoms. The second kappa shape index (κ2) is 6.24. The standard InChI is InChI=1S/C16H28N2O3/c1-12-7-8-14(19)18(10-12)13-6-5-9-17(11-13)15(20)21-16(2,3)4/h12-13H,5-11H2,1-4H3/t12?,13-/m1/s1. The summed E-state index contributed by atoms with van der Waals surface area (Å²) >= 11 is 0. The molecule has 2 saturated heterocycles. The maximum absolute atomic E-state index is 12.2. The summed E-state index contributed by atoms with van der Waals surface area (Å²) in [6.45, 7) is 9.97. The van der Waals surface area contributed by atoms with Gasteiger partial charge in [0.25, 0.3) is 0 Å². The van der Waals surface area contributed by atoms with Gasteiger partial charge >= 0.3 is 6.09 Å². The van der Waals surface area contributed by atoms with Gasteiger partial charge in [0.2, 0.25) is 5.91 Å². The largest absolute Gasteiger partial charge is 0.444 e. The smallest absolute Gasteiger partial charge is 0.410 e. The Hall–Kier alpha value is -1.26. The molecule has 5 nitrogen and oxygen atoms in total. The number of amides is 2. The third kappa shape index (κ3) is 4.35. The van der Waals surface area contributed by atoms with Crippen molar-refractivity contribution < 1.29 is 14.3 Å². The van der Waals surface area contributed by atoms with Crippen LogP contribution in [0, 0.1) is 5.92 Å². The molecule has 0 spiro atoms. The molecule has 1 unspecified atom stereocenters. The summed E-state index contributed by atoms with van der Waals surface area (Å²) in [6, 6.07) is 0.154. The van der Waals surface area contributed by atoms with Crippen LogP contribution in [0.4, 0.5) is 4.79 Å². The summed E-state index contributed by atoms with van der Waals surface area (Å²) < 4.78 is 5.44. The summed E-state index contributed by atoms with van der Waals surface area (Å²) in [5.41, 5.74) is -0.473. The molecular formula is C16H28N2O3. The topological polar surface area (TPSA) is 49.9 Å². The highest BCUT2D eigenvalue weighted by Crippen LogP contribution is 2.24. The van der Waals surface area contributed by atoms with Gasteiger partial charge in [0.05, 0.1) is 0 Å². The number of carbonyl (C=O) groups is 2. The number of carbonyl (C=O) groups excluding carboxylic acids is 2. The van der Waals surface area contributed by atoms with Gasteiger partial charge in [0.15, 0.2) is 0 Å². The Morgan fingerprint density at radius 2 is 1.95 bits per heavy atom. The Morgan fingerprint density at radius 3 is 2.62 bits per heavy atom. The second-order valence-corrected chi connectivity index (χ2v) is 7.41. The molecule has 2 aliphatic rings. The van der Waals surface area contributed by atoms with Gasteiger partial charge in [0.1, 0.15) is 5.60 Å². The fourth-order valence-electron chi connectivity index (χ4n) is 3.10. The van der Waals surface area contributed by atoms with E-state index in [1.165, 1.54) is 0 Å². The number of nitrogens with zero attached hydrogens (tertiary/aromatic N) is 2. The van der Waals surface area contributed by atoms with E-state index in [2.05, 4.69) is 6.92 Å². The van der Waals surface area contributed by atoms with Crippen LogP contribution in [0.25, 0.3) is 0 Å². The Bertz CT molecular complexity index is 403. The second-order valence-electron chi connectivity index (χ2n) is 7.41. The van der Waals surface area contributed by atoms with Crippen LogP contribution >= 0.6 is 0 Å². The Labute approximate surface area is 127 Å². The average Bonchev–Trinajstić information content (AvgIpc) is 2.40. The maximum Gasteiger partial charge on any atom is 0.410 e. The van der Waals surface area contributed by atoms with Gasteiger partial charge in [-0.15, -0.1) is 0 Å². The minimum atomic E-state index is -0.473. The van der Waals surface area contributed by atoms with Crippen LogP contribution in [0.3, 0.4) is 0 Å². The number of ether oxygens (including phenoxy) is 1. The van der Waals surface area contributed by atoms with E-state index in [9.17, 15) is 9.59 Å². The molecule has 0 aromatic heterocycles. The van der Waals surface area contributed by atoms with E-state index in [-0.39, 0.29) is 18.0 Å². The first-order chi connectivity index (χ1) is 9.76. The molecule has 0 aromatic rings. The molecule has 0 aliphatic carbocycles. The van der Waals surface area contributed by atoms with Gasteiger partial charge in [0, 0.05) is 32.1 Å². The molecule has 0 aromatic carbocycles. The highest BCUT2D eigenvalue weighted by Gasteiger charge is 2.34. The summed E-state index contributed by atoms with van der Waals surface area (Å²) in [5.74, 6) is 0.795. The number of likely N-dealkylation sites (tertiary alicyclic amines) is 2. The van der Waals surface area contributed by atoms with Crippen molar-refractivity contribution in [3.63, 3.8) is 0 Å². The Kier molecular flexibility index (Phi) is 4.79. The van der Waals surface area contributed by atoms with Crippen LogP contribution in [0.1, 0.15) is 53.4 Å². The molecule has 120 valence electrons. The molecule has 2 heterocycles. The van der Waals surface area contributed by atoms with Crippen molar-refractivity contribution in [3.8, 4) is 0 Å². The van der Waals surface area contributed by atoms with Crippen molar-refractivity contribution in [2.75, 3.05) is 19.6 Å². The number of rotatable bonds is 1. The lowest BCUT2D eigenvalue weighted by molar-refractivity contribution is -0.138. The van der Waals surface area contributed by atoms with E-state index in [0.29, 0.717) is 18.9 Å². The van der Waals surface area contributed by atoms with Crippen LogP contribution in [0.5, 0.6) is 0 Å². The third-order valence-electron chi connectivity index (χ3n) is 4.17. The molecule has 0 N–H and O–H groups in total. The quantitative estimate of drug-likeness (QED) is 0.747. The number of hydrogen-bond donors (Lipinski definition) is 0. The van der Waals surface area contributed by atoms with Gasteiger partial charge < -0.3 is 14.5 Å². The summed E-state index contributed by atoms with van der Waals surface area (Å²) in [7, 11) is 0. The summed E-state index contributed by atoms with van der Waals surface area (Å²) in [4.78, 5) is 28.1. The zero-order valence-electron chi connectivity index (χ0n) is 13.7. The summed E-state index contributed by atoms with van der Waals surface area (Å²) in [6.07, 6.45) is 3.28. The van der Waals surface area contributed by atoms with Gasteiger partial charge in [-0.2, -0.15) is 0 Å². The number of hydrogen-bond acceptors (Lipinski definition) is 3. The fourth-order valence-corrected chi connectivity index (χ4v) is 3.10. The van der Waals surface area contributed by atoms with Gasteiger partial charge in [-0.25, -0.2) is 4.79 Å². The first-order valence-electron chi connectivity index (χ1n) is 8.03. The number of piperidine rings is 2. The minimum Gasteiger partial charge on any atom is -0.444 e. The lowest BCUT2D eigenvalue weighted by Crippen LogP contribution is -2.54. The summed E-state index contributed by atoms with van der Waals surface area (Å²) in [5, 5.41) is 0. The van der Waals surface area contributed by atoms with E-state index in [1.807, 2.05) is 25.7 Å². The third-order valence-corrected chi connectivity index (χ3v) is 4.17. The molecule has 0 radical (unpaired) electrons. The predicted octanol–water partition coefficient (Wildman–Crippen LogP) is 2.64. The van der Waals surface area contributed by atoms with Crippen molar-refractivity contribution in [3.05, 3.63) is 0 Å². The molecule has 2 fully saturated rings. The monoisotopic (exact) mass is 296 g/mol. The molecule has 2 rings (SSSR count). The highest BCUT2D eigenvalue weighted by atomic mass is 16.6. The van der Waals surface area contributed by atoms with Crippen LogP contribution in [-0.2, 0) is 9.53 Å².